The summed E-state index contributed by atoms with van der Waals surface area (Å²) in [7, 11) is 0. The highest BCUT2D eigenvalue weighted by atomic mass is 35.5. The predicted octanol–water partition coefficient (Wildman–Crippen LogP) is 6.16. The van der Waals surface area contributed by atoms with Gasteiger partial charge in [0, 0.05) is 45.0 Å². The van der Waals surface area contributed by atoms with E-state index in [9.17, 15) is 0 Å². The molecular weight excluding hydrogens is 450 g/mol. The topological polar surface area (TPSA) is 48.8 Å². The molecule has 0 bridgehead atoms. The zero-order chi connectivity index (χ0) is 23.8. The number of hydrogen-bond donors (Lipinski definition) is 0. The molecular formula is C27H34ClN3O3. The fourth-order valence-corrected chi connectivity index (χ4v) is 4.47. The first kappa shape index (κ1) is 24.6. The van der Waals surface area contributed by atoms with E-state index in [2.05, 4.69) is 40.7 Å². The molecule has 6 nitrogen and oxygen atoms in total. The van der Waals surface area contributed by atoms with Gasteiger partial charge in [-0.15, -0.1) is 0 Å². The lowest BCUT2D eigenvalue weighted by molar-refractivity contribution is 0.128. The number of halogens is 1. The molecule has 2 heterocycles. The molecule has 0 unspecified atom stereocenters. The van der Waals surface area contributed by atoms with Gasteiger partial charge in [0.15, 0.2) is 16.7 Å². The van der Waals surface area contributed by atoms with E-state index in [-0.39, 0.29) is 6.79 Å². The summed E-state index contributed by atoms with van der Waals surface area (Å²) in [5.41, 5.74) is 3.33. The van der Waals surface area contributed by atoms with Gasteiger partial charge in [0.05, 0.1) is 5.69 Å². The average molecular weight is 484 g/mol. The monoisotopic (exact) mass is 483 g/mol. The molecule has 1 aliphatic heterocycles. The van der Waals surface area contributed by atoms with Gasteiger partial charge in [-0.25, -0.2) is 4.98 Å². The normalized spacial score (nSPS) is 12.6. The van der Waals surface area contributed by atoms with Crippen LogP contribution in [0.15, 0.2) is 48.5 Å². The number of fused-ring (bicyclic) bond motifs is 1. The highest BCUT2D eigenvalue weighted by Gasteiger charge is 2.21. The van der Waals surface area contributed by atoms with Crippen molar-refractivity contribution >= 4 is 11.6 Å². The van der Waals surface area contributed by atoms with E-state index in [1.54, 1.807) is 0 Å². The van der Waals surface area contributed by atoms with Crippen LogP contribution in [0.2, 0.25) is 5.15 Å². The van der Waals surface area contributed by atoms with Crippen LogP contribution < -0.4 is 9.47 Å². The molecule has 0 saturated carbocycles. The molecule has 182 valence electrons. The van der Waals surface area contributed by atoms with E-state index < -0.39 is 0 Å². The fraction of sp³-hybridized carbons (Fsp3) is 0.444. The van der Waals surface area contributed by atoms with E-state index in [1.807, 2.05) is 31.2 Å². The van der Waals surface area contributed by atoms with Crippen molar-refractivity contribution in [1.29, 1.82) is 0 Å². The van der Waals surface area contributed by atoms with E-state index in [0.717, 1.165) is 80.7 Å². The molecule has 0 radical (unpaired) electrons. The Labute approximate surface area is 207 Å². The Balaban J connectivity index is 1.59. The number of imidazole rings is 1. The summed E-state index contributed by atoms with van der Waals surface area (Å²) >= 11 is 6.77. The number of nitrogens with zero attached hydrogens (tertiary/aromatic N) is 3. The molecule has 3 aromatic rings. The third-order valence-electron chi connectivity index (χ3n) is 5.97. The van der Waals surface area contributed by atoms with Gasteiger partial charge in [-0.05, 0) is 37.5 Å². The van der Waals surface area contributed by atoms with Crippen molar-refractivity contribution < 1.29 is 14.2 Å². The highest BCUT2D eigenvalue weighted by molar-refractivity contribution is 6.30. The Morgan fingerprint density at radius 1 is 1.03 bits per heavy atom. The van der Waals surface area contributed by atoms with Crippen molar-refractivity contribution in [2.75, 3.05) is 26.6 Å². The van der Waals surface area contributed by atoms with Gasteiger partial charge in [-0.1, -0.05) is 61.3 Å². The second-order valence-electron chi connectivity index (χ2n) is 8.49. The maximum absolute atomic E-state index is 6.77. The molecule has 0 saturated heterocycles. The zero-order valence-electron chi connectivity index (χ0n) is 20.1. The Kier molecular flexibility index (Phi) is 8.85. The average Bonchev–Trinajstić information content (AvgIpc) is 3.45. The maximum atomic E-state index is 6.77. The summed E-state index contributed by atoms with van der Waals surface area (Å²) in [5.74, 6) is 2.55. The van der Waals surface area contributed by atoms with Crippen LogP contribution in [0, 0.1) is 0 Å². The van der Waals surface area contributed by atoms with Gasteiger partial charge < -0.3 is 18.8 Å². The summed E-state index contributed by atoms with van der Waals surface area (Å²) in [4.78, 5) is 7.20. The molecule has 0 aliphatic carbocycles. The standard InChI is InChI=1S/C27H34ClN3O3/c1-3-5-15-31-23(26(28)29-27(31)22-10-7-6-8-11-22)19-30(14-9-16-32-4-2)18-21-12-13-24-25(17-21)34-20-33-24/h6-8,10-13,17H,3-5,9,14-16,18-20H2,1-2H3. The van der Waals surface area contributed by atoms with Crippen molar-refractivity contribution in [2.24, 2.45) is 0 Å². The van der Waals surface area contributed by atoms with Crippen molar-refractivity contribution in [1.82, 2.24) is 14.5 Å². The molecule has 0 amide bonds. The number of ether oxygens (including phenoxy) is 3. The van der Waals surface area contributed by atoms with Gasteiger partial charge in [-0.2, -0.15) is 0 Å². The Morgan fingerprint density at radius 2 is 1.85 bits per heavy atom. The summed E-state index contributed by atoms with van der Waals surface area (Å²) in [6, 6.07) is 16.5. The molecule has 34 heavy (non-hydrogen) atoms. The third-order valence-corrected chi connectivity index (χ3v) is 6.28. The minimum atomic E-state index is 0.283. The number of hydrogen-bond acceptors (Lipinski definition) is 5. The molecule has 4 rings (SSSR count). The molecule has 1 aliphatic rings. The predicted molar refractivity (Wildman–Crippen MR) is 135 cm³/mol. The maximum Gasteiger partial charge on any atom is 0.231 e. The zero-order valence-corrected chi connectivity index (χ0v) is 20.9. The lowest BCUT2D eigenvalue weighted by atomic mass is 10.1. The van der Waals surface area contributed by atoms with E-state index >= 15 is 0 Å². The number of rotatable bonds is 13. The number of benzene rings is 2. The third kappa shape index (κ3) is 6.12. The van der Waals surface area contributed by atoms with Crippen molar-refractivity contribution in [3.8, 4) is 22.9 Å². The van der Waals surface area contributed by atoms with Crippen LogP contribution >= 0.6 is 11.6 Å². The van der Waals surface area contributed by atoms with E-state index in [1.165, 1.54) is 5.56 Å². The van der Waals surface area contributed by atoms with Crippen LogP contribution in [0.25, 0.3) is 11.4 Å². The number of unbranched alkanes of at least 4 members (excludes halogenated alkanes) is 1. The summed E-state index contributed by atoms with van der Waals surface area (Å²) in [5, 5.41) is 0.579. The van der Waals surface area contributed by atoms with Crippen molar-refractivity contribution in [3.63, 3.8) is 0 Å². The van der Waals surface area contributed by atoms with Gasteiger partial charge >= 0.3 is 0 Å². The van der Waals surface area contributed by atoms with Gasteiger partial charge in [0.2, 0.25) is 6.79 Å². The van der Waals surface area contributed by atoms with Crippen LogP contribution in [-0.4, -0.2) is 41.0 Å². The lowest BCUT2D eigenvalue weighted by Crippen LogP contribution is -2.26. The van der Waals surface area contributed by atoms with Crippen LogP contribution in [0.3, 0.4) is 0 Å². The minimum absolute atomic E-state index is 0.283. The SMILES string of the molecule is CCCCn1c(-c2ccccc2)nc(Cl)c1CN(CCCOCC)Cc1ccc2c(c1)OCO2. The minimum Gasteiger partial charge on any atom is -0.454 e. The van der Waals surface area contributed by atoms with Crippen LogP contribution in [0.4, 0.5) is 0 Å². The van der Waals surface area contributed by atoms with Gasteiger partial charge in [0.25, 0.3) is 0 Å². The second-order valence-corrected chi connectivity index (χ2v) is 8.85. The van der Waals surface area contributed by atoms with E-state index in [4.69, 9.17) is 30.8 Å². The molecule has 1 aromatic heterocycles. The number of aromatic nitrogens is 2. The largest absolute Gasteiger partial charge is 0.454 e. The Bertz CT molecular complexity index is 1050. The summed E-state index contributed by atoms with van der Waals surface area (Å²) in [6.07, 6.45) is 3.13. The molecule has 0 atom stereocenters. The highest BCUT2D eigenvalue weighted by Crippen LogP contribution is 2.33. The first-order chi connectivity index (χ1) is 16.7. The van der Waals surface area contributed by atoms with Crippen LogP contribution in [0.5, 0.6) is 11.5 Å². The summed E-state index contributed by atoms with van der Waals surface area (Å²) in [6.45, 7) is 9.27. The van der Waals surface area contributed by atoms with Crippen molar-refractivity contribution in [3.05, 3.63) is 64.9 Å². The van der Waals surface area contributed by atoms with Crippen LogP contribution in [0.1, 0.15) is 44.4 Å². The molecule has 0 fully saturated rings. The van der Waals surface area contributed by atoms with Crippen LogP contribution in [-0.2, 0) is 24.4 Å². The molecule has 0 spiro atoms. The molecule has 2 aromatic carbocycles. The molecule has 7 heteroatoms. The smallest absolute Gasteiger partial charge is 0.231 e. The Hall–Kier alpha value is -2.54. The summed E-state index contributed by atoms with van der Waals surface area (Å²) < 4.78 is 19.0. The fourth-order valence-electron chi connectivity index (χ4n) is 4.23. The van der Waals surface area contributed by atoms with Gasteiger partial charge in [0.1, 0.15) is 5.82 Å². The first-order valence-electron chi connectivity index (χ1n) is 12.2. The second kappa shape index (κ2) is 12.2. The lowest BCUT2D eigenvalue weighted by Gasteiger charge is -2.24. The molecule has 0 N–H and O–H groups in total. The first-order valence-corrected chi connectivity index (χ1v) is 12.6. The quantitative estimate of drug-likeness (QED) is 0.272. The van der Waals surface area contributed by atoms with E-state index in [0.29, 0.717) is 11.7 Å². The van der Waals surface area contributed by atoms with Gasteiger partial charge in [-0.3, -0.25) is 4.90 Å². The van der Waals surface area contributed by atoms with Crippen molar-refractivity contribution in [2.45, 2.75) is 52.7 Å². The Morgan fingerprint density at radius 3 is 2.65 bits per heavy atom.